The van der Waals surface area contributed by atoms with Crippen LogP contribution >= 0.6 is 0 Å². The Morgan fingerprint density at radius 1 is 1.62 bits per heavy atom. The topological polar surface area (TPSA) is 89.6 Å². The summed E-state index contributed by atoms with van der Waals surface area (Å²) in [6.45, 7) is 3.96. The Kier molecular flexibility index (Phi) is 1.68. The molecule has 2 heterocycles. The van der Waals surface area contributed by atoms with E-state index < -0.39 is 0 Å². The van der Waals surface area contributed by atoms with Gasteiger partial charge in [-0.15, -0.1) is 0 Å². The highest BCUT2D eigenvalue weighted by atomic mass is 16.1. The molecule has 3 rings (SSSR count). The van der Waals surface area contributed by atoms with E-state index in [0.29, 0.717) is 11.2 Å². The third kappa shape index (κ3) is 1.09. The number of fused-ring (bicyclic) bond motifs is 1. The number of allylic oxidation sites excluding steroid dienone is 1. The molecule has 0 spiro atoms. The Labute approximate surface area is 90.8 Å². The first-order valence-electron chi connectivity index (χ1n) is 5.07. The van der Waals surface area contributed by atoms with Crippen LogP contribution in [0.5, 0.6) is 0 Å². The predicted molar refractivity (Wildman–Crippen MR) is 60.0 cm³/mol. The minimum Gasteiger partial charge on any atom is -0.369 e. The van der Waals surface area contributed by atoms with E-state index in [-0.39, 0.29) is 17.5 Å². The van der Waals surface area contributed by atoms with Crippen LogP contribution < -0.4 is 11.3 Å². The number of rotatable bonds is 1. The van der Waals surface area contributed by atoms with Crippen molar-refractivity contribution in [1.29, 1.82) is 0 Å². The largest absolute Gasteiger partial charge is 0.369 e. The minimum absolute atomic E-state index is 0.115. The number of H-pyrrole nitrogens is 1. The van der Waals surface area contributed by atoms with Crippen molar-refractivity contribution in [2.24, 2.45) is 0 Å². The molecule has 0 radical (unpaired) electrons. The standard InChI is InChI=1S/C10H11N5O/c1-5-2-3-6(5)15-4-12-7-8(15)13-10(11)14-9(7)16/h4,6H,1-3H2,(H3,11,13,14,16). The molecule has 1 unspecified atom stereocenters. The highest BCUT2D eigenvalue weighted by Gasteiger charge is 2.26. The second-order valence-corrected chi connectivity index (χ2v) is 3.99. The van der Waals surface area contributed by atoms with E-state index in [0.717, 1.165) is 18.4 Å². The van der Waals surface area contributed by atoms with E-state index in [1.165, 1.54) is 0 Å². The van der Waals surface area contributed by atoms with Crippen molar-refractivity contribution >= 4 is 17.1 Å². The molecule has 0 bridgehead atoms. The molecular formula is C10H11N5O. The maximum Gasteiger partial charge on any atom is 0.280 e. The van der Waals surface area contributed by atoms with Crippen LogP contribution in [0.3, 0.4) is 0 Å². The molecule has 0 aromatic carbocycles. The number of nitrogen functional groups attached to an aromatic ring is 1. The zero-order valence-corrected chi connectivity index (χ0v) is 8.60. The fourth-order valence-corrected chi connectivity index (χ4v) is 1.98. The second-order valence-electron chi connectivity index (χ2n) is 3.99. The average molecular weight is 217 g/mol. The maximum atomic E-state index is 11.5. The summed E-state index contributed by atoms with van der Waals surface area (Å²) >= 11 is 0. The molecule has 0 aliphatic heterocycles. The third-order valence-corrected chi connectivity index (χ3v) is 3.00. The number of nitrogens with two attached hydrogens (primary N) is 1. The van der Waals surface area contributed by atoms with E-state index in [9.17, 15) is 4.79 Å². The van der Waals surface area contributed by atoms with Crippen LogP contribution in [0.25, 0.3) is 11.2 Å². The molecule has 1 fully saturated rings. The molecule has 1 atom stereocenters. The van der Waals surface area contributed by atoms with Gasteiger partial charge < -0.3 is 10.3 Å². The third-order valence-electron chi connectivity index (χ3n) is 3.00. The molecule has 0 saturated heterocycles. The first kappa shape index (κ1) is 9.14. The van der Waals surface area contributed by atoms with E-state index >= 15 is 0 Å². The smallest absolute Gasteiger partial charge is 0.280 e. The Morgan fingerprint density at radius 3 is 3.06 bits per heavy atom. The fraction of sp³-hybridized carbons (Fsp3) is 0.300. The summed E-state index contributed by atoms with van der Waals surface area (Å²) in [6, 6.07) is 0.207. The monoisotopic (exact) mass is 217 g/mol. The van der Waals surface area contributed by atoms with Crippen molar-refractivity contribution in [3.8, 4) is 0 Å². The Balaban J connectivity index is 2.27. The molecule has 1 saturated carbocycles. The van der Waals surface area contributed by atoms with Gasteiger partial charge in [-0.25, -0.2) is 4.98 Å². The SMILES string of the molecule is C=C1CCC1n1cnc2c(=O)[nH]c(N)nc21. The molecule has 0 amide bonds. The quantitative estimate of drug-likeness (QED) is 0.684. The molecule has 2 aromatic rings. The lowest BCUT2D eigenvalue weighted by molar-refractivity contribution is 0.438. The van der Waals surface area contributed by atoms with Crippen molar-refractivity contribution in [1.82, 2.24) is 19.5 Å². The van der Waals surface area contributed by atoms with Gasteiger partial charge in [-0.2, -0.15) is 4.98 Å². The first-order chi connectivity index (χ1) is 7.66. The zero-order chi connectivity index (χ0) is 11.3. The van der Waals surface area contributed by atoms with Gasteiger partial charge in [0.15, 0.2) is 11.2 Å². The van der Waals surface area contributed by atoms with Crippen molar-refractivity contribution in [2.75, 3.05) is 5.73 Å². The average Bonchev–Trinajstić information content (AvgIpc) is 2.60. The summed E-state index contributed by atoms with van der Waals surface area (Å²) in [6.07, 6.45) is 3.66. The Hall–Kier alpha value is -2.11. The van der Waals surface area contributed by atoms with Crippen LogP contribution in [-0.4, -0.2) is 19.5 Å². The number of nitrogens with zero attached hydrogens (tertiary/aromatic N) is 3. The number of hydrogen-bond acceptors (Lipinski definition) is 4. The zero-order valence-electron chi connectivity index (χ0n) is 8.60. The van der Waals surface area contributed by atoms with Gasteiger partial charge >= 0.3 is 0 Å². The molecule has 82 valence electrons. The highest BCUT2D eigenvalue weighted by molar-refractivity contribution is 5.71. The lowest BCUT2D eigenvalue weighted by Crippen LogP contribution is -2.20. The van der Waals surface area contributed by atoms with Crippen LogP contribution in [0, 0.1) is 0 Å². The minimum atomic E-state index is -0.300. The summed E-state index contributed by atoms with van der Waals surface area (Å²) in [7, 11) is 0. The first-order valence-corrected chi connectivity index (χ1v) is 5.07. The molecule has 6 nitrogen and oxygen atoms in total. The lowest BCUT2D eigenvalue weighted by atomic mass is 9.87. The van der Waals surface area contributed by atoms with Gasteiger partial charge in [-0.3, -0.25) is 9.78 Å². The highest BCUT2D eigenvalue weighted by Crippen LogP contribution is 2.37. The summed E-state index contributed by atoms with van der Waals surface area (Å²) in [4.78, 5) is 22.1. The van der Waals surface area contributed by atoms with E-state index in [4.69, 9.17) is 5.73 Å². The van der Waals surface area contributed by atoms with Crippen LogP contribution in [0.2, 0.25) is 0 Å². The van der Waals surface area contributed by atoms with Crippen molar-refractivity contribution in [3.63, 3.8) is 0 Å². The van der Waals surface area contributed by atoms with Crippen molar-refractivity contribution in [2.45, 2.75) is 18.9 Å². The molecule has 6 heteroatoms. The maximum absolute atomic E-state index is 11.5. The van der Waals surface area contributed by atoms with Crippen LogP contribution in [0.4, 0.5) is 5.95 Å². The predicted octanol–water partition coefficient (Wildman–Crippen LogP) is 0.593. The number of hydrogen-bond donors (Lipinski definition) is 2. The number of aromatic nitrogens is 4. The fourth-order valence-electron chi connectivity index (χ4n) is 1.98. The van der Waals surface area contributed by atoms with Crippen molar-refractivity contribution in [3.05, 3.63) is 28.8 Å². The molecular weight excluding hydrogens is 206 g/mol. The van der Waals surface area contributed by atoms with Gasteiger partial charge in [-0.1, -0.05) is 12.2 Å². The van der Waals surface area contributed by atoms with Crippen LogP contribution in [-0.2, 0) is 0 Å². The van der Waals surface area contributed by atoms with Gasteiger partial charge in [-0.05, 0) is 12.8 Å². The van der Waals surface area contributed by atoms with Gasteiger partial charge in [0, 0.05) is 0 Å². The Bertz CT molecular complexity index is 638. The Morgan fingerprint density at radius 2 is 2.44 bits per heavy atom. The van der Waals surface area contributed by atoms with E-state index in [2.05, 4.69) is 21.5 Å². The summed E-state index contributed by atoms with van der Waals surface area (Å²) in [5.41, 5.74) is 7.22. The molecule has 16 heavy (non-hydrogen) atoms. The number of aromatic amines is 1. The van der Waals surface area contributed by atoms with Gasteiger partial charge in [0.1, 0.15) is 0 Å². The molecule has 3 N–H and O–H groups in total. The second kappa shape index (κ2) is 2.94. The van der Waals surface area contributed by atoms with Gasteiger partial charge in [0.2, 0.25) is 5.95 Å². The molecule has 1 aliphatic rings. The van der Waals surface area contributed by atoms with Gasteiger partial charge in [0.05, 0.1) is 12.4 Å². The normalized spacial score (nSPS) is 20.0. The summed E-state index contributed by atoms with van der Waals surface area (Å²) < 4.78 is 1.87. The van der Waals surface area contributed by atoms with E-state index in [1.54, 1.807) is 6.33 Å². The number of anilines is 1. The summed E-state index contributed by atoms with van der Waals surface area (Å²) in [5.74, 6) is 0.115. The molecule has 1 aliphatic carbocycles. The number of imidazole rings is 1. The molecule has 2 aromatic heterocycles. The van der Waals surface area contributed by atoms with Crippen LogP contribution in [0.15, 0.2) is 23.3 Å². The van der Waals surface area contributed by atoms with Crippen LogP contribution in [0.1, 0.15) is 18.9 Å². The summed E-state index contributed by atoms with van der Waals surface area (Å²) in [5, 5.41) is 0. The van der Waals surface area contributed by atoms with E-state index in [1.807, 2.05) is 4.57 Å². The number of nitrogens with one attached hydrogen (secondary N) is 1. The van der Waals surface area contributed by atoms with Crippen molar-refractivity contribution < 1.29 is 0 Å². The van der Waals surface area contributed by atoms with Gasteiger partial charge in [0.25, 0.3) is 5.56 Å². The lowest BCUT2D eigenvalue weighted by Gasteiger charge is -2.30.